The third-order valence-electron chi connectivity index (χ3n) is 5.11. The van der Waals surface area contributed by atoms with Gasteiger partial charge >= 0.3 is 0 Å². The smallest absolute Gasteiger partial charge is 0.246 e. The van der Waals surface area contributed by atoms with Crippen LogP contribution >= 0.6 is 0 Å². The van der Waals surface area contributed by atoms with E-state index in [0.717, 1.165) is 11.1 Å². The Morgan fingerprint density at radius 1 is 1.14 bits per heavy atom. The number of benzene rings is 2. The van der Waals surface area contributed by atoms with Crippen LogP contribution in [-0.4, -0.2) is 54.5 Å². The van der Waals surface area contributed by atoms with Crippen molar-refractivity contribution in [2.75, 3.05) is 26.8 Å². The van der Waals surface area contributed by atoms with Crippen LogP contribution in [0.5, 0.6) is 0 Å². The van der Waals surface area contributed by atoms with Crippen molar-refractivity contribution in [1.29, 1.82) is 0 Å². The first kappa shape index (κ1) is 20.0. The lowest BCUT2D eigenvalue weighted by Gasteiger charge is -2.40. The van der Waals surface area contributed by atoms with E-state index < -0.39 is 6.04 Å². The van der Waals surface area contributed by atoms with Crippen molar-refractivity contribution in [2.45, 2.75) is 25.9 Å². The first-order valence-corrected chi connectivity index (χ1v) is 9.35. The van der Waals surface area contributed by atoms with Crippen molar-refractivity contribution in [1.82, 2.24) is 9.80 Å². The first-order valence-electron chi connectivity index (χ1n) is 9.35. The van der Waals surface area contributed by atoms with Crippen molar-refractivity contribution in [3.8, 4) is 0 Å². The van der Waals surface area contributed by atoms with Crippen LogP contribution in [-0.2, 0) is 27.3 Å². The number of halogens is 1. The molecule has 6 heteroatoms. The summed E-state index contributed by atoms with van der Waals surface area (Å²) in [4.78, 5) is 29.2. The lowest BCUT2D eigenvalue weighted by molar-refractivity contribution is -0.157. The molecule has 28 heavy (non-hydrogen) atoms. The zero-order valence-corrected chi connectivity index (χ0v) is 16.2. The molecule has 0 bridgehead atoms. The van der Waals surface area contributed by atoms with E-state index in [4.69, 9.17) is 4.74 Å². The fourth-order valence-electron chi connectivity index (χ4n) is 3.47. The van der Waals surface area contributed by atoms with Gasteiger partial charge in [0.2, 0.25) is 11.8 Å². The molecule has 1 aliphatic rings. The number of nitrogens with zero attached hydrogens (tertiary/aromatic N) is 2. The minimum Gasteiger partial charge on any atom is -0.383 e. The van der Waals surface area contributed by atoms with Gasteiger partial charge in [-0.2, -0.15) is 0 Å². The quantitative estimate of drug-likeness (QED) is 0.737. The molecule has 2 aromatic rings. The molecular weight excluding hydrogens is 359 g/mol. The predicted octanol–water partition coefficient (Wildman–Crippen LogP) is 2.56. The maximum absolute atomic E-state index is 13.7. The molecule has 1 atom stereocenters. The average molecular weight is 384 g/mol. The third kappa shape index (κ3) is 4.57. The van der Waals surface area contributed by atoms with Gasteiger partial charge in [-0.1, -0.05) is 36.4 Å². The summed E-state index contributed by atoms with van der Waals surface area (Å²) in [5.41, 5.74) is 2.58. The molecule has 1 saturated heterocycles. The van der Waals surface area contributed by atoms with E-state index in [1.807, 2.05) is 37.3 Å². The van der Waals surface area contributed by atoms with Crippen LogP contribution in [0.2, 0.25) is 0 Å². The highest BCUT2D eigenvalue weighted by Gasteiger charge is 2.39. The lowest BCUT2D eigenvalue weighted by atomic mass is 9.99. The van der Waals surface area contributed by atoms with Crippen molar-refractivity contribution in [2.24, 2.45) is 0 Å². The summed E-state index contributed by atoms with van der Waals surface area (Å²) in [6.45, 7) is 2.85. The molecule has 0 spiro atoms. The molecule has 0 unspecified atom stereocenters. The number of carbonyl (C=O) groups is 2. The minimum atomic E-state index is -0.622. The number of amides is 2. The molecule has 0 radical (unpaired) electrons. The van der Waals surface area contributed by atoms with Gasteiger partial charge in [0.1, 0.15) is 11.9 Å². The van der Waals surface area contributed by atoms with Crippen molar-refractivity contribution >= 4 is 11.8 Å². The van der Waals surface area contributed by atoms with Gasteiger partial charge in [-0.3, -0.25) is 9.59 Å². The summed E-state index contributed by atoms with van der Waals surface area (Å²) < 4.78 is 18.8. The summed E-state index contributed by atoms with van der Waals surface area (Å²) in [5, 5.41) is 0. The number of piperazine rings is 1. The Labute approximate surface area is 164 Å². The van der Waals surface area contributed by atoms with Gasteiger partial charge in [0, 0.05) is 26.6 Å². The predicted molar refractivity (Wildman–Crippen MR) is 104 cm³/mol. The van der Waals surface area contributed by atoms with Crippen LogP contribution in [0.4, 0.5) is 4.39 Å². The molecular formula is C22H25FN2O3. The molecule has 1 heterocycles. The van der Waals surface area contributed by atoms with Crippen LogP contribution in [0.1, 0.15) is 16.7 Å². The van der Waals surface area contributed by atoms with E-state index in [-0.39, 0.29) is 30.7 Å². The average Bonchev–Trinajstić information content (AvgIpc) is 2.69. The number of carbonyl (C=O) groups excluding carboxylic acids is 2. The molecule has 1 fully saturated rings. The Balaban J connectivity index is 1.89. The zero-order valence-electron chi connectivity index (χ0n) is 16.2. The van der Waals surface area contributed by atoms with E-state index in [1.54, 1.807) is 23.0 Å². The number of hydrogen-bond donors (Lipinski definition) is 0. The second-order valence-corrected chi connectivity index (χ2v) is 7.05. The molecule has 0 aromatic heterocycles. The van der Waals surface area contributed by atoms with E-state index in [0.29, 0.717) is 25.1 Å². The second-order valence-electron chi connectivity index (χ2n) is 7.05. The normalized spacial score (nSPS) is 17.3. The number of hydrogen-bond acceptors (Lipinski definition) is 3. The first-order chi connectivity index (χ1) is 13.5. The Hall–Kier alpha value is -2.73. The van der Waals surface area contributed by atoms with Gasteiger partial charge in [-0.15, -0.1) is 0 Å². The Morgan fingerprint density at radius 3 is 2.61 bits per heavy atom. The monoisotopic (exact) mass is 384 g/mol. The maximum atomic E-state index is 13.7. The Kier molecular flexibility index (Phi) is 6.41. The fourth-order valence-corrected chi connectivity index (χ4v) is 3.47. The number of rotatable bonds is 7. The number of ether oxygens (including phenoxy) is 1. The molecule has 2 amide bonds. The van der Waals surface area contributed by atoms with E-state index in [2.05, 4.69) is 0 Å². The second kappa shape index (κ2) is 8.97. The Morgan fingerprint density at radius 2 is 1.89 bits per heavy atom. The molecule has 0 aliphatic carbocycles. The third-order valence-corrected chi connectivity index (χ3v) is 5.11. The zero-order chi connectivity index (χ0) is 20.1. The van der Waals surface area contributed by atoms with Gasteiger partial charge in [-0.05, 0) is 35.7 Å². The van der Waals surface area contributed by atoms with Gasteiger partial charge in [0.05, 0.1) is 13.2 Å². The molecule has 2 aromatic carbocycles. The van der Waals surface area contributed by atoms with Crippen LogP contribution in [0.25, 0.3) is 0 Å². The maximum Gasteiger partial charge on any atom is 0.246 e. The van der Waals surface area contributed by atoms with Gasteiger partial charge < -0.3 is 14.5 Å². The minimum absolute atomic E-state index is 0.0157. The SMILES string of the molecule is COCCN1CC(=O)N(Cc2cc(F)ccc2C)[C@H](Cc2ccccc2)C1=O. The molecule has 148 valence electrons. The van der Waals surface area contributed by atoms with E-state index in [9.17, 15) is 14.0 Å². The highest BCUT2D eigenvalue weighted by molar-refractivity contribution is 5.95. The van der Waals surface area contributed by atoms with Crippen molar-refractivity contribution in [3.05, 3.63) is 71.0 Å². The summed E-state index contributed by atoms with van der Waals surface area (Å²) in [5.74, 6) is -0.590. The molecule has 0 N–H and O–H groups in total. The largest absolute Gasteiger partial charge is 0.383 e. The lowest BCUT2D eigenvalue weighted by Crippen LogP contribution is -2.60. The summed E-state index contributed by atoms with van der Waals surface area (Å²) in [7, 11) is 1.57. The Bertz CT molecular complexity index is 841. The van der Waals surface area contributed by atoms with Crippen LogP contribution in [0, 0.1) is 12.7 Å². The molecule has 3 rings (SSSR count). The van der Waals surface area contributed by atoms with Crippen molar-refractivity contribution < 1.29 is 18.7 Å². The summed E-state index contributed by atoms with van der Waals surface area (Å²) in [6.07, 6.45) is 0.420. The highest BCUT2D eigenvalue weighted by Crippen LogP contribution is 2.22. The van der Waals surface area contributed by atoms with Crippen LogP contribution in [0.3, 0.4) is 0 Å². The van der Waals surface area contributed by atoms with Crippen LogP contribution < -0.4 is 0 Å². The van der Waals surface area contributed by atoms with Gasteiger partial charge in [0.15, 0.2) is 0 Å². The highest BCUT2D eigenvalue weighted by atomic mass is 19.1. The van der Waals surface area contributed by atoms with Crippen LogP contribution in [0.15, 0.2) is 48.5 Å². The van der Waals surface area contributed by atoms with Gasteiger partial charge in [-0.25, -0.2) is 4.39 Å². The van der Waals surface area contributed by atoms with Gasteiger partial charge in [0.25, 0.3) is 0 Å². The summed E-state index contributed by atoms with van der Waals surface area (Å²) in [6, 6.07) is 13.5. The fraction of sp³-hybridized carbons (Fsp3) is 0.364. The number of aryl methyl sites for hydroxylation is 1. The topological polar surface area (TPSA) is 49.9 Å². The molecule has 0 saturated carbocycles. The van der Waals surface area contributed by atoms with Crippen molar-refractivity contribution in [3.63, 3.8) is 0 Å². The molecule has 5 nitrogen and oxygen atoms in total. The number of methoxy groups -OCH3 is 1. The molecule has 1 aliphatic heterocycles. The van der Waals surface area contributed by atoms with E-state index in [1.165, 1.54) is 12.1 Å². The standard InChI is InChI=1S/C22H25FN2O3/c1-16-8-9-19(23)13-18(16)14-25-20(12-17-6-4-3-5-7-17)22(27)24(10-11-28-2)15-21(25)26/h3-9,13,20H,10-12,14-15H2,1-2H3/t20-/m1/s1. The summed E-state index contributed by atoms with van der Waals surface area (Å²) >= 11 is 0. The van der Waals surface area contributed by atoms with E-state index >= 15 is 0 Å².